The lowest BCUT2D eigenvalue weighted by Crippen LogP contribution is -2.50. The van der Waals surface area contributed by atoms with Gasteiger partial charge in [0.05, 0.1) is 5.92 Å². The Hall–Kier alpha value is -1.44. The summed E-state index contributed by atoms with van der Waals surface area (Å²) >= 11 is 1.55. The van der Waals surface area contributed by atoms with Gasteiger partial charge in [-0.1, -0.05) is 13.3 Å². The summed E-state index contributed by atoms with van der Waals surface area (Å²) in [5.41, 5.74) is 5.02. The molecule has 0 aliphatic carbocycles. The van der Waals surface area contributed by atoms with Crippen molar-refractivity contribution in [1.82, 2.24) is 10.6 Å². The van der Waals surface area contributed by atoms with Gasteiger partial charge in [-0.05, 0) is 24.9 Å². The second kappa shape index (κ2) is 10.4. The molecule has 5 N–H and O–H groups in total. The molecule has 0 saturated carbocycles. The standard InChI is InChI=1S/C12H23N3O4S/c1-3-4-8(11(17)18)7-14-10(16)9(5-6-20-2)15-12(13)19/h8-9H,3-7H2,1-2H3,(H,14,16)(H,17,18)(H3,13,15,19). The van der Waals surface area contributed by atoms with E-state index in [1.807, 2.05) is 13.2 Å². The van der Waals surface area contributed by atoms with Gasteiger partial charge in [0.1, 0.15) is 6.04 Å². The van der Waals surface area contributed by atoms with Gasteiger partial charge >= 0.3 is 12.0 Å². The Bertz CT molecular complexity index is 339. The lowest BCUT2D eigenvalue weighted by molar-refractivity contribution is -0.142. The van der Waals surface area contributed by atoms with E-state index in [0.717, 1.165) is 6.42 Å². The third kappa shape index (κ3) is 7.88. The Balaban J connectivity index is 4.42. The number of primary amides is 1. The smallest absolute Gasteiger partial charge is 0.312 e. The SMILES string of the molecule is CCCC(CNC(=O)C(CCSC)NC(N)=O)C(=O)O. The molecule has 0 fully saturated rings. The van der Waals surface area contributed by atoms with Crippen LogP contribution in [0.2, 0.25) is 0 Å². The number of urea groups is 1. The van der Waals surface area contributed by atoms with Crippen molar-refractivity contribution >= 4 is 29.7 Å². The van der Waals surface area contributed by atoms with Gasteiger partial charge in [-0.3, -0.25) is 9.59 Å². The van der Waals surface area contributed by atoms with E-state index in [2.05, 4.69) is 10.6 Å². The maximum absolute atomic E-state index is 11.9. The Morgan fingerprint density at radius 2 is 1.95 bits per heavy atom. The highest BCUT2D eigenvalue weighted by Crippen LogP contribution is 2.06. The van der Waals surface area contributed by atoms with Crippen molar-refractivity contribution < 1.29 is 19.5 Å². The molecule has 2 atom stereocenters. The zero-order valence-corrected chi connectivity index (χ0v) is 12.7. The Morgan fingerprint density at radius 1 is 1.30 bits per heavy atom. The van der Waals surface area contributed by atoms with Crippen molar-refractivity contribution in [3.05, 3.63) is 0 Å². The van der Waals surface area contributed by atoms with Crippen LogP contribution in [0.15, 0.2) is 0 Å². The number of nitrogens with one attached hydrogen (secondary N) is 2. The van der Waals surface area contributed by atoms with Gasteiger partial charge in [-0.25, -0.2) is 4.79 Å². The summed E-state index contributed by atoms with van der Waals surface area (Å²) in [5.74, 6) is -1.26. The van der Waals surface area contributed by atoms with Crippen LogP contribution < -0.4 is 16.4 Å². The number of carbonyl (C=O) groups is 3. The van der Waals surface area contributed by atoms with Crippen LogP contribution in [0.25, 0.3) is 0 Å². The van der Waals surface area contributed by atoms with Crippen molar-refractivity contribution in [2.75, 3.05) is 18.6 Å². The number of amides is 3. The molecule has 3 amide bonds. The fourth-order valence-electron chi connectivity index (χ4n) is 1.68. The first kappa shape index (κ1) is 18.6. The molecule has 8 heteroatoms. The average Bonchev–Trinajstić information content (AvgIpc) is 2.38. The van der Waals surface area contributed by atoms with Gasteiger partial charge in [0.2, 0.25) is 5.91 Å². The fourth-order valence-corrected chi connectivity index (χ4v) is 2.16. The number of thioether (sulfide) groups is 1. The van der Waals surface area contributed by atoms with E-state index in [1.165, 1.54) is 0 Å². The van der Waals surface area contributed by atoms with Crippen molar-refractivity contribution in [2.45, 2.75) is 32.2 Å². The predicted molar refractivity (Wildman–Crippen MR) is 78.5 cm³/mol. The normalized spacial score (nSPS) is 13.3. The minimum atomic E-state index is -0.935. The molecule has 0 aromatic heterocycles. The van der Waals surface area contributed by atoms with Gasteiger partial charge in [0.15, 0.2) is 0 Å². The highest BCUT2D eigenvalue weighted by molar-refractivity contribution is 7.98. The Kier molecular flexibility index (Phi) is 9.61. The van der Waals surface area contributed by atoms with Gasteiger partial charge in [-0.2, -0.15) is 11.8 Å². The van der Waals surface area contributed by atoms with Crippen LogP contribution in [0.3, 0.4) is 0 Å². The summed E-state index contributed by atoms with van der Waals surface area (Å²) in [5, 5.41) is 13.9. The number of carboxylic acid groups (broad SMARTS) is 1. The molecule has 0 spiro atoms. The highest BCUT2D eigenvalue weighted by atomic mass is 32.2. The molecule has 0 aliphatic heterocycles. The fraction of sp³-hybridized carbons (Fsp3) is 0.750. The van der Waals surface area contributed by atoms with Gasteiger partial charge in [0, 0.05) is 6.54 Å². The van der Waals surface area contributed by atoms with E-state index in [1.54, 1.807) is 11.8 Å². The largest absolute Gasteiger partial charge is 0.481 e. The van der Waals surface area contributed by atoms with E-state index < -0.39 is 29.9 Å². The zero-order chi connectivity index (χ0) is 15.5. The first-order valence-corrected chi connectivity index (χ1v) is 7.87. The van der Waals surface area contributed by atoms with Crippen LogP contribution in [0.5, 0.6) is 0 Å². The quantitative estimate of drug-likeness (QED) is 0.465. The summed E-state index contributed by atoms with van der Waals surface area (Å²) in [6.45, 7) is 1.94. The molecule has 7 nitrogen and oxygen atoms in total. The molecule has 0 bridgehead atoms. The molecule has 0 radical (unpaired) electrons. The minimum absolute atomic E-state index is 0.0538. The first-order valence-electron chi connectivity index (χ1n) is 6.47. The van der Waals surface area contributed by atoms with Crippen molar-refractivity contribution in [3.8, 4) is 0 Å². The summed E-state index contributed by atoms with van der Waals surface area (Å²) in [6.07, 6.45) is 3.55. The van der Waals surface area contributed by atoms with Crippen molar-refractivity contribution in [1.29, 1.82) is 0 Å². The summed E-state index contributed by atoms with van der Waals surface area (Å²) in [6, 6.07) is -1.49. The average molecular weight is 305 g/mol. The first-order chi connectivity index (χ1) is 9.42. The van der Waals surface area contributed by atoms with E-state index in [-0.39, 0.29) is 6.54 Å². The monoisotopic (exact) mass is 305 g/mol. The molecular weight excluding hydrogens is 282 g/mol. The Morgan fingerprint density at radius 3 is 2.40 bits per heavy atom. The van der Waals surface area contributed by atoms with Crippen LogP contribution in [0.1, 0.15) is 26.2 Å². The number of carbonyl (C=O) groups excluding carboxylic acids is 2. The molecule has 116 valence electrons. The van der Waals surface area contributed by atoms with Gasteiger partial charge in [0.25, 0.3) is 0 Å². The number of nitrogens with two attached hydrogens (primary N) is 1. The lowest BCUT2D eigenvalue weighted by Gasteiger charge is -2.18. The molecule has 0 saturated heterocycles. The number of rotatable bonds is 10. The van der Waals surface area contributed by atoms with Gasteiger partial charge < -0.3 is 21.5 Å². The van der Waals surface area contributed by atoms with Crippen LogP contribution >= 0.6 is 11.8 Å². The van der Waals surface area contributed by atoms with Gasteiger partial charge in [-0.15, -0.1) is 0 Å². The summed E-state index contributed by atoms with van der Waals surface area (Å²) in [7, 11) is 0. The predicted octanol–water partition coefficient (Wildman–Crippen LogP) is 0.394. The molecule has 2 unspecified atom stereocenters. The van der Waals surface area contributed by atoms with Crippen LogP contribution in [0.4, 0.5) is 4.79 Å². The third-order valence-electron chi connectivity index (χ3n) is 2.75. The topological polar surface area (TPSA) is 122 Å². The lowest BCUT2D eigenvalue weighted by atomic mass is 10.0. The number of carboxylic acids is 1. The van der Waals surface area contributed by atoms with Crippen LogP contribution in [0, 0.1) is 5.92 Å². The molecule has 0 aromatic rings. The van der Waals surface area contributed by atoms with E-state index in [4.69, 9.17) is 10.8 Å². The summed E-state index contributed by atoms with van der Waals surface area (Å²) in [4.78, 5) is 33.8. The third-order valence-corrected chi connectivity index (χ3v) is 3.40. The molecule has 20 heavy (non-hydrogen) atoms. The zero-order valence-electron chi connectivity index (χ0n) is 11.8. The van der Waals surface area contributed by atoms with E-state index >= 15 is 0 Å². The van der Waals surface area contributed by atoms with E-state index in [9.17, 15) is 14.4 Å². The number of hydrogen-bond donors (Lipinski definition) is 4. The maximum Gasteiger partial charge on any atom is 0.312 e. The maximum atomic E-state index is 11.9. The molecule has 0 aromatic carbocycles. The summed E-state index contributed by atoms with van der Waals surface area (Å²) < 4.78 is 0. The molecule has 0 aliphatic rings. The van der Waals surface area contributed by atoms with Crippen LogP contribution in [-0.4, -0.2) is 47.6 Å². The highest BCUT2D eigenvalue weighted by Gasteiger charge is 2.22. The van der Waals surface area contributed by atoms with Crippen LogP contribution in [-0.2, 0) is 9.59 Å². The minimum Gasteiger partial charge on any atom is -0.481 e. The Labute approximate surface area is 123 Å². The second-order valence-electron chi connectivity index (χ2n) is 4.41. The molecular formula is C12H23N3O4S. The second-order valence-corrected chi connectivity index (χ2v) is 5.40. The van der Waals surface area contributed by atoms with E-state index in [0.29, 0.717) is 18.6 Å². The molecule has 0 heterocycles. The number of hydrogen-bond acceptors (Lipinski definition) is 4. The van der Waals surface area contributed by atoms with Crippen molar-refractivity contribution in [3.63, 3.8) is 0 Å². The molecule has 0 rings (SSSR count). The van der Waals surface area contributed by atoms with Crippen molar-refractivity contribution in [2.24, 2.45) is 11.7 Å². The number of aliphatic carboxylic acids is 1.